The Bertz CT molecular complexity index is 396. The van der Waals surface area contributed by atoms with Crippen molar-refractivity contribution >= 4 is 5.78 Å². The van der Waals surface area contributed by atoms with E-state index < -0.39 is 0 Å². The second-order valence-electron chi connectivity index (χ2n) is 4.12. The highest BCUT2D eigenvalue weighted by Gasteiger charge is 2.23. The van der Waals surface area contributed by atoms with Gasteiger partial charge in [-0.25, -0.2) is 0 Å². The number of carbonyl (C=O) groups is 1. The second-order valence-corrected chi connectivity index (χ2v) is 4.12. The number of fused-ring (bicyclic) bond motifs is 1. The fourth-order valence-corrected chi connectivity index (χ4v) is 2.33. The first-order valence-electron chi connectivity index (χ1n) is 5.89. The van der Waals surface area contributed by atoms with Crippen LogP contribution in [0.4, 0.5) is 0 Å². The summed E-state index contributed by atoms with van der Waals surface area (Å²) in [5, 5.41) is 0. The zero-order chi connectivity index (χ0) is 12.8. The van der Waals surface area contributed by atoms with Crippen LogP contribution in [0.25, 0.3) is 0 Å². The van der Waals surface area contributed by atoms with Gasteiger partial charge < -0.3 is 4.74 Å². The Kier molecular flexibility index (Phi) is 4.95. The van der Waals surface area contributed by atoms with E-state index in [0.29, 0.717) is 0 Å². The summed E-state index contributed by atoms with van der Waals surface area (Å²) in [7, 11) is 1.66. The molecule has 0 spiro atoms. The molecule has 92 valence electrons. The maximum atomic E-state index is 11.5. The molecule has 0 fully saturated rings. The van der Waals surface area contributed by atoms with Gasteiger partial charge in [0.25, 0.3) is 0 Å². The summed E-state index contributed by atoms with van der Waals surface area (Å²) < 4.78 is 5.20. The third-order valence-corrected chi connectivity index (χ3v) is 3.16. The minimum Gasteiger partial charge on any atom is -0.497 e. The normalized spacial score (nSPS) is 17.4. The molecule has 0 bridgehead atoms. The molecule has 1 unspecified atom stereocenters. The molecule has 0 heterocycles. The average molecular weight is 232 g/mol. The average Bonchev–Trinajstić information content (AvgIpc) is 2.39. The van der Waals surface area contributed by atoms with Crippen molar-refractivity contribution in [1.82, 2.24) is 0 Å². The van der Waals surface area contributed by atoms with Gasteiger partial charge in [-0.05, 0) is 49.4 Å². The summed E-state index contributed by atoms with van der Waals surface area (Å²) in [6.07, 6.45) is 3.18. The van der Waals surface area contributed by atoms with Crippen molar-refractivity contribution in [1.29, 1.82) is 0 Å². The highest BCUT2D eigenvalue weighted by molar-refractivity contribution is 5.84. The second kappa shape index (κ2) is 6.24. The van der Waals surface area contributed by atoms with Gasteiger partial charge in [-0.3, -0.25) is 4.79 Å². The molecule has 0 amide bonds. The van der Waals surface area contributed by atoms with Gasteiger partial charge in [-0.1, -0.05) is 6.07 Å². The Morgan fingerprint density at radius 1 is 1.41 bits per heavy atom. The van der Waals surface area contributed by atoms with Gasteiger partial charge in [0.2, 0.25) is 0 Å². The van der Waals surface area contributed by atoms with E-state index in [4.69, 9.17) is 4.74 Å². The van der Waals surface area contributed by atoms with Gasteiger partial charge in [0.05, 0.1) is 7.11 Å². The molecule has 0 aromatic heterocycles. The van der Waals surface area contributed by atoms with E-state index in [9.17, 15) is 4.79 Å². The number of benzene rings is 1. The van der Waals surface area contributed by atoms with E-state index in [1.807, 2.05) is 12.1 Å². The lowest BCUT2D eigenvalue weighted by Gasteiger charge is -2.23. The first kappa shape index (κ1) is 13.5. The predicted molar refractivity (Wildman–Crippen MR) is 70.6 cm³/mol. The summed E-state index contributed by atoms with van der Waals surface area (Å²) >= 11 is 0. The van der Waals surface area contributed by atoms with Crippen LogP contribution in [-0.2, 0) is 11.2 Å². The van der Waals surface area contributed by atoms with E-state index >= 15 is 0 Å². The van der Waals surface area contributed by atoms with E-state index in [-0.39, 0.29) is 11.7 Å². The lowest BCUT2D eigenvalue weighted by Crippen LogP contribution is -2.16. The van der Waals surface area contributed by atoms with Crippen LogP contribution in [0.5, 0.6) is 5.75 Å². The lowest BCUT2D eigenvalue weighted by atomic mass is 9.81. The van der Waals surface area contributed by atoms with E-state index in [1.165, 1.54) is 11.1 Å². The van der Waals surface area contributed by atoms with Crippen LogP contribution in [0.3, 0.4) is 0 Å². The number of rotatable bonds is 2. The highest BCUT2D eigenvalue weighted by atomic mass is 16.5. The minimum atomic E-state index is 0.0869. The van der Waals surface area contributed by atoms with Gasteiger partial charge >= 0.3 is 0 Å². The minimum absolute atomic E-state index is 0.0869. The number of ether oxygens (including phenoxy) is 1. The first-order chi connectivity index (χ1) is 8.22. The molecular weight excluding hydrogens is 212 g/mol. The molecule has 0 radical (unpaired) electrons. The Morgan fingerprint density at radius 3 is 2.71 bits per heavy atom. The summed E-state index contributed by atoms with van der Waals surface area (Å²) in [6, 6.07) is 6.07. The molecule has 2 rings (SSSR count). The van der Waals surface area contributed by atoms with Crippen molar-refractivity contribution in [3.63, 3.8) is 0 Å². The molecule has 2 nitrogen and oxygen atoms in total. The Labute approximate surface area is 103 Å². The van der Waals surface area contributed by atoms with Gasteiger partial charge in [0.1, 0.15) is 11.5 Å². The van der Waals surface area contributed by atoms with Crippen molar-refractivity contribution in [3.8, 4) is 5.75 Å². The third kappa shape index (κ3) is 2.96. The molecule has 1 aromatic carbocycles. The number of ketones is 1. The van der Waals surface area contributed by atoms with Gasteiger partial charge in [-0.15, -0.1) is 13.2 Å². The lowest BCUT2D eigenvalue weighted by molar-refractivity contribution is -0.118. The van der Waals surface area contributed by atoms with Crippen molar-refractivity contribution in [3.05, 3.63) is 42.5 Å². The van der Waals surface area contributed by atoms with Crippen LogP contribution in [0, 0.1) is 0 Å². The zero-order valence-corrected chi connectivity index (χ0v) is 10.7. The summed E-state index contributed by atoms with van der Waals surface area (Å²) in [4.78, 5) is 11.5. The largest absolute Gasteiger partial charge is 0.497 e. The molecule has 17 heavy (non-hydrogen) atoms. The predicted octanol–water partition coefficient (Wildman–Crippen LogP) is 3.51. The standard InChI is InChI=1S/C13H16O2.C2H4/c1-9(14)12-5-3-4-10-6-7-11(15-2)8-13(10)12;1-2/h6-8,12H,3-5H2,1-2H3;1-2H2. The van der Waals surface area contributed by atoms with Crippen molar-refractivity contribution in [2.75, 3.05) is 7.11 Å². The number of hydrogen-bond acceptors (Lipinski definition) is 2. The number of carbonyl (C=O) groups excluding carboxylic acids is 1. The van der Waals surface area contributed by atoms with E-state index in [1.54, 1.807) is 14.0 Å². The van der Waals surface area contributed by atoms with Crippen LogP contribution in [0.15, 0.2) is 31.4 Å². The number of aryl methyl sites for hydroxylation is 1. The van der Waals surface area contributed by atoms with Crippen LogP contribution >= 0.6 is 0 Å². The maximum absolute atomic E-state index is 11.5. The van der Waals surface area contributed by atoms with Gasteiger partial charge in [0, 0.05) is 5.92 Å². The number of methoxy groups -OCH3 is 1. The third-order valence-electron chi connectivity index (χ3n) is 3.16. The van der Waals surface area contributed by atoms with Crippen LogP contribution in [0.1, 0.15) is 36.8 Å². The van der Waals surface area contributed by atoms with Crippen LogP contribution < -0.4 is 4.74 Å². The summed E-state index contributed by atoms with van der Waals surface area (Å²) in [5.41, 5.74) is 2.48. The Morgan fingerprint density at radius 2 is 2.12 bits per heavy atom. The van der Waals surface area contributed by atoms with Gasteiger partial charge in [-0.2, -0.15) is 0 Å². The molecular formula is C15H20O2. The molecule has 1 aliphatic rings. The molecule has 0 aliphatic heterocycles. The highest BCUT2D eigenvalue weighted by Crippen LogP contribution is 2.34. The molecule has 2 heteroatoms. The Balaban J connectivity index is 0.000000686. The van der Waals surface area contributed by atoms with Crippen molar-refractivity contribution < 1.29 is 9.53 Å². The zero-order valence-electron chi connectivity index (χ0n) is 10.7. The fourth-order valence-electron chi connectivity index (χ4n) is 2.33. The summed E-state index contributed by atoms with van der Waals surface area (Å²) in [5.74, 6) is 1.20. The van der Waals surface area contributed by atoms with E-state index in [2.05, 4.69) is 19.2 Å². The van der Waals surface area contributed by atoms with E-state index in [0.717, 1.165) is 25.0 Å². The van der Waals surface area contributed by atoms with Gasteiger partial charge in [0.15, 0.2) is 0 Å². The number of Topliss-reactive ketones (excluding diaryl/α,β-unsaturated/α-hetero) is 1. The molecule has 0 N–H and O–H groups in total. The topological polar surface area (TPSA) is 26.3 Å². The van der Waals surface area contributed by atoms with Crippen molar-refractivity contribution in [2.24, 2.45) is 0 Å². The van der Waals surface area contributed by atoms with Crippen molar-refractivity contribution in [2.45, 2.75) is 32.1 Å². The molecule has 0 saturated carbocycles. The molecule has 1 atom stereocenters. The first-order valence-corrected chi connectivity index (χ1v) is 5.89. The summed E-state index contributed by atoms with van der Waals surface area (Å²) in [6.45, 7) is 7.68. The molecule has 1 aliphatic carbocycles. The fraction of sp³-hybridized carbons (Fsp3) is 0.400. The van der Waals surface area contributed by atoms with Crippen LogP contribution in [-0.4, -0.2) is 12.9 Å². The maximum Gasteiger partial charge on any atom is 0.137 e. The quantitative estimate of drug-likeness (QED) is 0.729. The monoisotopic (exact) mass is 232 g/mol. The SMILES string of the molecule is C=C.COc1ccc2c(c1)C(C(C)=O)CCC2. The molecule has 1 aromatic rings. The Hall–Kier alpha value is -1.57. The number of hydrogen-bond donors (Lipinski definition) is 0. The molecule has 0 saturated heterocycles. The van der Waals surface area contributed by atoms with Crippen LogP contribution in [0.2, 0.25) is 0 Å². The smallest absolute Gasteiger partial charge is 0.137 e.